The smallest absolute Gasteiger partial charge is 0.0623 e. The fourth-order valence-electron chi connectivity index (χ4n) is 5.72. The second-order valence-electron chi connectivity index (χ2n) is 5.77. The number of aliphatic hydroxyl groups excluding tert-OH is 1. The Labute approximate surface area is 82.3 Å². The first-order valence-electron chi connectivity index (χ1n) is 5.71. The van der Waals surface area contributed by atoms with E-state index in [1.165, 1.54) is 12.8 Å². The average molecular weight is 194 g/mol. The summed E-state index contributed by atoms with van der Waals surface area (Å²) < 4.78 is 0. The van der Waals surface area contributed by atoms with E-state index in [2.05, 4.69) is 11.8 Å². The summed E-state index contributed by atoms with van der Waals surface area (Å²) >= 11 is 2.27. The molecular weight excluding hydrogens is 180 g/mol. The quantitative estimate of drug-likeness (QED) is 0.588. The van der Waals surface area contributed by atoms with Crippen LogP contribution in [0.25, 0.3) is 0 Å². The molecule has 4 aliphatic rings. The first kappa shape index (κ1) is 6.73. The van der Waals surface area contributed by atoms with E-state index in [0.717, 1.165) is 46.0 Å². The van der Waals surface area contributed by atoms with E-state index in [1.54, 1.807) is 0 Å². The normalized spacial score (nSPS) is 80.5. The van der Waals surface area contributed by atoms with Gasteiger partial charge in [0.15, 0.2) is 0 Å². The molecule has 3 saturated carbocycles. The van der Waals surface area contributed by atoms with Crippen LogP contribution in [0.4, 0.5) is 0 Å². The molecule has 0 radical (unpaired) electrons. The van der Waals surface area contributed by atoms with E-state index < -0.39 is 0 Å². The predicted molar refractivity (Wildman–Crippen MR) is 51.3 cm³/mol. The second kappa shape index (κ2) is 1.71. The third-order valence-corrected chi connectivity index (χ3v) is 7.79. The Balaban J connectivity index is 1.79. The maximum atomic E-state index is 10.2. The molecule has 1 saturated heterocycles. The van der Waals surface area contributed by atoms with Crippen molar-refractivity contribution in [3.63, 3.8) is 0 Å². The maximum absolute atomic E-state index is 10.2. The molecule has 0 spiro atoms. The molecule has 13 heavy (non-hydrogen) atoms. The van der Waals surface area contributed by atoms with Crippen LogP contribution >= 0.6 is 11.8 Å². The van der Waals surface area contributed by atoms with Crippen molar-refractivity contribution in [2.24, 2.45) is 35.5 Å². The number of fused-ring (bicyclic) bond motifs is 9. The molecule has 0 aromatic rings. The molecule has 1 nitrogen and oxygen atoms in total. The summed E-state index contributed by atoms with van der Waals surface area (Å²) in [5.41, 5.74) is 0. The highest BCUT2D eigenvalue weighted by molar-refractivity contribution is 8.01. The summed E-state index contributed by atoms with van der Waals surface area (Å²) in [4.78, 5) is 0. The van der Waals surface area contributed by atoms with Crippen LogP contribution < -0.4 is 0 Å². The van der Waals surface area contributed by atoms with Crippen molar-refractivity contribution in [3.8, 4) is 0 Å². The molecule has 0 aromatic carbocycles. The first-order chi connectivity index (χ1) is 6.38. The van der Waals surface area contributed by atoms with E-state index in [1.807, 2.05) is 0 Å². The Kier molecular flexibility index (Phi) is 0.887. The van der Waals surface area contributed by atoms with Gasteiger partial charge in [0.1, 0.15) is 0 Å². The lowest BCUT2D eigenvalue weighted by molar-refractivity contribution is -0.0354. The molecule has 0 unspecified atom stereocenters. The molecule has 0 bridgehead atoms. The van der Waals surface area contributed by atoms with Gasteiger partial charge in [-0.1, -0.05) is 0 Å². The molecule has 0 aromatic heterocycles. The molecule has 3 aliphatic carbocycles. The number of aliphatic hydroxyl groups is 1. The van der Waals surface area contributed by atoms with Crippen LogP contribution in [0.3, 0.4) is 0 Å². The molecule has 1 heterocycles. The molecule has 4 rings (SSSR count). The monoisotopic (exact) mass is 194 g/mol. The third-order valence-electron chi connectivity index (χ3n) is 5.87. The largest absolute Gasteiger partial charge is 0.392 e. The van der Waals surface area contributed by atoms with E-state index in [-0.39, 0.29) is 6.10 Å². The molecule has 0 amide bonds. The van der Waals surface area contributed by atoms with E-state index in [4.69, 9.17) is 0 Å². The zero-order valence-electron chi connectivity index (χ0n) is 7.47. The predicted octanol–water partition coefficient (Wildman–Crippen LogP) is 1.36. The lowest BCUT2D eigenvalue weighted by Crippen LogP contribution is -2.54. The molecule has 70 valence electrons. The number of rotatable bonds is 0. The van der Waals surface area contributed by atoms with Crippen LogP contribution in [0.2, 0.25) is 0 Å². The Morgan fingerprint density at radius 1 is 0.846 bits per heavy atom. The molecule has 1 aliphatic heterocycles. The Morgan fingerprint density at radius 3 is 2.62 bits per heavy atom. The first-order valence-corrected chi connectivity index (χ1v) is 6.66. The van der Waals surface area contributed by atoms with Crippen LogP contribution in [-0.4, -0.2) is 21.7 Å². The zero-order chi connectivity index (χ0) is 8.32. The van der Waals surface area contributed by atoms with Crippen LogP contribution in [0, 0.1) is 35.5 Å². The molecular formula is C11H14OS. The van der Waals surface area contributed by atoms with Crippen LogP contribution in [-0.2, 0) is 0 Å². The van der Waals surface area contributed by atoms with Gasteiger partial charge in [0, 0.05) is 22.3 Å². The fraction of sp³-hybridized carbons (Fsp3) is 1.00. The summed E-state index contributed by atoms with van der Waals surface area (Å²) in [6.07, 6.45) is 3.07. The lowest BCUT2D eigenvalue weighted by Gasteiger charge is -2.53. The van der Waals surface area contributed by atoms with Crippen molar-refractivity contribution in [2.75, 3.05) is 0 Å². The molecule has 1 N–H and O–H groups in total. The Bertz CT molecular complexity index is 292. The summed E-state index contributed by atoms with van der Waals surface area (Å²) in [6.45, 7) is 0. The number of hydrogen-bond acceptors (Lipinski definition) is 2. The van der Waals surface area contributed by atoms with Crippen molar-refractivity contribution >= 4 is 11.8 Å². The van der Waals surface area contributed by atoms with Crippen molar-refractivity contribution in [3.05, 3.63) is 0 Å². The molecule has 4 fully saturated rings. The van der Waals surface area contributed by atoms with Gasteiger partial charge in [-0.25, -0.2) is 0 Å². The van der Waals surface area contributed by atoms with Gasteiger partial charge < -0.3 is 5.11 Å². The minimum Gasteiger partial charge on any atom is -0.392 e. The van der Waals surface area contributed by atoms with Crippen molar-refractivity contribution in [1.82, 2.24) is 0 Å². The highest BCUT2D eigenvalue weighted by atomic mass is 32.2. The summed E-state index contributed by atoms with van der Waals surface area (Å²) in [6, 6.07) is 0. The fourth-order valence-corrected chi connectivity index (χ4v) is 8.23. The van der Waals surface area contributed by atoms with Crippen LogP contribution in [0.1, 0.15) is 12.8 Å². The van der Waals surface area contributed by atoms with Gasteiger partial charge in [0.25, 0.3) is 0 Å². The summed E-state index contributed by atoms with van der Waals surface area (Å²) in [5.74, 6) is 5.50. The molecule has 2 heteroatoms. The van der Waals surface area contributed by atoms with Crippen LogP contribution in [0.15, 0.2) is 0 Å². The van der Waals surface area contributed by atoms with Gasteiger partial charge in [0.2, 0.25) is 0 Å². The maximum Gasteiger partial charge on any atom is 0.0623 e. The number of thioether (sulfide) groups is 1. The van der Waals surface area contributed by atoms with E-state index >= 15 is 0 Å². The highest BCUT2D eigenvalue weighted by Gasteiger charge is 2.78. The number of hydrogen-bond donors (Lipinski definition) is 1. The Morgan fingerprint density at radius 2 is 1.69 bits per heavy atom. The lowest BCUT2D eigenvalue weighted by atomic mass is 9.50. The minimum absolute atomic E-state index is 0.118. The molecule has 9 atom stereocenters. The van der Waals surface area contributed by atoms with Crippen molar-refractivity contribution < 1.29 is 5.11 Å². The minimum atomic E-state index is 0.118. The van der Waals surface area contributed by atoms with Gasteiger partial charge in [-0.3, -0.25) is 0 Å². The van der Waals surface area contributed by atoms with Gasteiger partial charge in [-0.05, 0) is 36.5 Å². The van der Waals surface area contributed by atoms with Gasteiger partial charge in [-0.2, -0.15) is 11.8 Å². The van der Waals surface area contributed by atoms with Gasteiger partial charge in [0.05, 0.1) is 6.10 Å². The summed E-state index contributed by atoms with van der Waals surface area (Å²) in [7, 11) is 0. The Hall–Kier alpha value is 0.310. The second-order valence-corrected chi connectivity index (χ2v) is 7.13. The zero-order valence-corrected chi connectivity index (χ0v) is 8.28. The van der Waals surface area contributed by atoms with Crippen molar-refractivity contribution in [2.45, 2.75) is 29.4 Å². The van der Waals surface area contributed by atoms with Gasteiger partial charge in [-0.15, -0.1) is 0 Å². The van der Waals surface area contributed by atoms with Gasteiger partial charge >= 0.3 is 0 Å². The highest BCUT2D eigenvalue weighted by Crippen LogP contribution is 2.79. The average Bonchev–Trinajstić information content (AvgIpc) is 2.42. The SMILES string of the molecule is O[C@@H]1[C@@H]2[C@@H]3CC[C@@H]4[C@H]2S[C@@H]2[C@H]1[C@@H]3[C@@H]42. The standard InChI is InChI=1S/C11H14OS/c12-9-7-3-1-2-4-6-5(3)8(9)11(6)13-10(4)7/h3-12H,1-2H2/t3-,4+,5+,6-,7+,8+,9-,10-,11+/m1/s1. The topological polar surface area (TPSA) is 20.2 Å². The van der Waals surface area contributed by atoms with Crippen molar-refractivity contribution in [1.29, 1.82) is 0 Å². The van der Waals surface area contributed by atoms with Crippen LogP contribution in [0.5, 0.6) is 0 Å². The summed E-state index contributed by atoms with van der Waals surface area (Å²) in [5, 5.41) is 12.0. The van der Waals surface area contributed by atoms with E-state index in [9.17, 15) is 5.11 Å². The third kappa shape index (κ3) is 0.460. The van der Waals surface area contributed by atoms with E-state index in [0.29, 0.717) is 0 Å².